The largest absolute Gasteiger partial charge is 0.493 e. The van der Waals surface area contributed by atoms with E-state index in [4.69, 9.17) is 32.7 Å². The van der Waals surface area contributed by atoms with E-state index < -0.39 is 15.9 Å². The van der Waals surface area contributed by atoms with E-state index in [1.807, 2.05) is 0 Å². The Morgan fingerprint density at radius 2 is 1.59 bits per heavy atom. The lowest BCUT2D eigenvalue weighted by Gasteiger charge is -2.20. The average molecular weight is 495 g/mol. The first-order chi connectivity index (χ1) is 15.2. The summed E-state index contributed by atoms with van der Waals surface area (Å²) in [5.74, 6) is 0.309. The van der Waals surface area contributed by atoms with Crippen molar-refractivity contribution in [2.24, 2.45) is 0 Å². The van der Waals surface area contributed by atoms with Gasteiger partial charge in [0.05, 0.1) is 40.5 Å². The van der Waals surface area contributed by atoms with Crippen LogP contribution in [0.15, 0.2) is 65.6 Å². The zero-order valence-corrected chi connectivity index (χ0v) is 19.8. The van der Waals surface area contributed by atoms with E-state index in [0.29, 0.717) is 33.5 Å². The number of ether oxygens (including phenoxy) is 2. The molecule has 3 aromatic carbocycles. The van der Waals surface area contributed by atoms with Gasteiger partial charge in [-0.25, -0.2) is 8.42 Å². The van der Waals surface area contributed by atoms with Crippen molar-refractivity contribution < 1.29 is 22.7 Å². The second-order valence-electron chi connectivity index (χ2n) is 6.59. The van der Waals surface area contributed by atoms with Crippen molar-refractivity contribution in [1.82, 2.24) is 0 Å². The van der Waals surface area contributed by atoms with Crippen LogP contribution in [0, 0.1) is 0 Å². The zero-order chi connectivity index (χ0) is 23.5. The van der Waals surface area contributed by atoms with Crippen molar-refractivity contribution in [2.45, 2.75) is 4.90 Å². The average Bonchev–Trinajstić information content (AvgIpc) is 2.81. The summed E-state index contributed by atoms with van der Waals surface area (Å²) in [5.41, 5.74) is 1.07. The molecule has 0 heterocycles. The molecule has 0 aliphatic heterocycles. The fourth-order valence-electron chi connectivity index (χ4n) is 2.89. The zero-order valence-electron chi connectivity index (χ0n) is 17.4. The number of nitrogens with one attached hydrogen (secondary N) is 1. The molecule has 0 fully saturated rings. The van der Waals surface area contributed by atoms with Crippen LogP contribution in [0.25, 0.3) is 0 Å². The smallest absolute Gasteiger partial charge is 0.264 e. The minimum Gasteiger partial charge on any atom is -0.493 e. The van der Waals surface area contributed by atoms with Gasteiger partial charge in [0, 0.05) is 18.7 Å². The first-order valence-corrected chi connectivity index (χ1v) is 11.4. The third-order valence-corrected chi connectivity index (χ3v) is 7.31. The van der Waals surface area contributed by atoms with E-state index in [1.54, 1.807) is 18.2 Å². The van der Waals surface area contributed by atoms with Gasteiger partial charge in [-0.15, -0.1) is 0 Å². The fraction of sp³-hybridized carbons (Fsp3) is 0.136. The van der Waals surface area contributed by atoms with E-state index in [1.165, 1.54) is 63.7 Å². The Bertz CT molecular complexity index is 1250. The highest BCUT2D eigenvalue weighted by molar-refractivity contribution is 7.92. The van der Waals surface area contributed by atoms with Gasteiger partial charge in [0.15, 0.2) is 11.5 Å². The molecule has 0 spiro atoms. The monoisotopic (exact) mass is 494 g/mol. The van der Waals surface area contributed by atoms with Crippen LogP contribution in [-0.2, 0) is 10.0 Å². The molecule has 10 heteroatoms. The highest BCUT2D eigenvalue weighted by atomic mass is 35.5. The van der Waals surface area contributed by atoms with Crippen LogP contribution in [0.4, 0.5) is 11.4 Å². The Hall–Kier alpha value is -2.94. The van der Waals surface area contributed by atoms with E-state index in [9.17, 15) is 13.2 Å². The fourth-order valence-corrected chi connectivity index (χ4v) is 4.45. The molecule has 0 aromatic heterocycles. The molecule has 0 unspecified atom stereocenters. The molecule has 0 saturated carbocycles. The molecule has 0 aliphatic rings. The topological polar surface area (TPSA) is 84.9 Å². The summed E-state index contributed by atoms with van der Waals surface area (Å²) >= 11 is 12.1. The second-order valence-corrected chi connectivity index (χ2v) is 9.35. The first kappa shape index (κ1) is 23.7. The molecule has 3 rings (SSSR count). The normalized spacial score (nSPS) is 11.0. The van der Waals surface area contributed by atoms with Crippen molar-refractivity contribution in [2.75, 3.05) is 30.9 Å². The lowest BCUT2D eigenvalue weighted by Crippen LogP contribution is -2.26. The third kappa shape index (κ3) is 4.77. The van der Waals surface area contributed by atoms with Gasteiger partial charge in [-0.2, -0.15) is 0 Å². The maximum atomic E-state index is 13.1. The number of hydrogen-bond donors (Lipinski definition) is 1. The quantitative estimate of drug-likeness (QED) is 0.494. The van der Waals surface area contributed by atoms with Gasteiger partial charge in [-0.05, 0) is 48.5 Å². The number of nitrogens with zero attached hydrogens (tertiary/aromatic N) is 1. The molecule has 7 nitrogen and oxygen atoms in total. The third-order valence-electron chi connectivity index (χ3n) is 4.71. The summed E-state index contributed by atoms with van der Waals surface area (Å²) in [6, 6.07) is 15.4. The van der Waals surface area contributed by atoms with Crippen LogP contribution in [-0.4, -0.2) is 35.6 Å². The predicted molar refractivity (Wildman–Crippen MR) is 126 cm³/mol. The van der Waals surface area contributed by atoms with Crippen LogP contribution >= 0.6 is 23.2 Å². The summed E-state index contributed by atoms with van der Waals surface area (Å²) in [4.78, 5) is 12.6. The van der Waals surface area contributed by atoms with Crippen LogP contribution in [0.3, 0.4) is 0 Å². The first-order valence-electron chi connectivity index (χ1n) is 9.25. The molecular formula is C22H20Cl2N2O5S. The van der Waals surface area contributed by atoms with E-state index in [-0.39, 0.29) is 9.92 Å². The van der Waals surface area contributed by atoms with Crippen LogP contribution in [0.5, 0.6) is 11.5 Å². The van der Waals surface area contributed by atoms with Crippen LogP contribution in [0.2, 0.25) is 10.0 Å². The van der Waals surface area contributed by atoms with Crippen molar-refractivity contribution in [3.63, 3.8) is 0 Å². The Balaban J connectivity index is 1.82. The number of anilines is 2. The molecule has 0 aliphatic carbocycles. The SMILES string of the molecule is COc1ccc(S(=O)(=O)N(C)c2ccc(C(=O)Nc3cccc(Cl)c3Cl)cc2)cc1OC. The Labute approximate surface area is 196 Å². The van der Waals surface area contributed by atoms with Gasteiger partial charge in [0.25, 0.3) is 15.9 Å². The number of sulfonamides is 1. The number of hydrogen-bond acceptors (Lipinski definition) is 5. The van der Waals surface area contributed by atoms with Crippen molar-refractivity contribution in [3.05, 3.63) is 76.3 Å². The second kappa shape index (κ2) is 9.68. The summed E-state index contributed by atoms with van der Waals surface area (Å²) in [7, 11) is 0.444. The molecule has 32 heavy (non-hydrogen) atoms. The number of carbonyl (C=O) groups is 1. The standard InChI is InChI=1S/C22H20Cl2N2O5S/c1-26(32(28,29)16-11-12-19(30-2)20(13-16)31-3)15-9-7-14(8-10-15)22(27)25-18-6-4-5-17(23)21(18)24/h4-13H,1-3H3,(H,25,27). The highest BCUT2D eigenvalue weighted by Crippen LogP contribution is 2.32. The summed E-state index contributed by atoms with van der Waals surface area (Å²) in [6.07, 6.45) is 0. The van der Waals surface area contributed by atoms with Gasteiger partial charge in [-0.3, -0.25) is 9.10 Å². The molecule has 0 radical (unpaired) electrons. The van der Waals surface area contributed by atoms with E-state index in [2.05, 4.69) is 5.32 Å². The Morgan fingerprint density at radius 1 is 0.938 bits per heavy atom. The van der Waals surface area contributed by atoms with Gasteiger partial charge in [0.2, 0.25) is 0 Å². The lowest BCUT2D eigenvalue weighted by molar-refractivity contribution is 0.102. The van der Waals surface area contributed by atoms with Crippen molar-refractivity contribution in [1.29, 1.82) is 0 Å². The number of benzene rings is 3. The van der Waals surface area contributed by atoms with Gasteiger partial charge in [0.1, 0.15) is 0 Å². The predicted octanol–water partition coefficient (Wildman–Crippen LogP) is 5.09. The van der Waals surface area contributed by atoms with E-state index in [0.717, 1.165) is 4.31 Å². The number of methoxy groups -OCH3 is 2. The van der Waals surface area contributed by atoms with E-state index >= 15 is 0 Å². The van der Waals surface area contributed by atoms with Gasteiger partial charge >= 0.3 is 0 Å². The molecule has 0 atom stereocenters. The van der Waals surface area contributed by atoms with Crippen molar-refractivity contribution >= 4 is 50.5 Å². The number of halogens is 2. The molecule has 168 valence electrons. The molecule has 3 aromatic rings. The van der Waals surface area contributed by atoms with Crippen molar-refractivity contribution in [3.8, 4) is 11.5 Å². The maximum Gasteiger partial charge on any atom is 0.264 e. The molecule has 1 amide bonds. The molecule has 0 saturated heterocycles. The molecule has 1 N–H and O–H groups in total. The maximum absolute atomic E-state index is 13.1. The summed E-state index contributed by atoms with van der Waals surface area (Å²) in [6.45, 7) is 0. The number of rotatable bonds is 7. The van der Waals surface area contributed by atoms with Gasteiger partial charge < -0.3 is 14.8 Å². The minimum atomic E-state index is -3.88. The summed E-state index contributed by atoms with van der Waals surface area (Å²) in [5, 5.41) is 3.24. The molecular weight excluding hydrogens is 475 g/mol. The molecule has 0 bridgehead atoms. The number of carbonyl (C=O) groups excluding carboxylic acids is 1. The van der Waals surface area contributed by atoms with Crippen LogP contribution < -0.4 is 19.1 Å². The lowest BCUT2D eigenvalue weighted by atomic mass is 10.2. The van der Waals surface area contributed by atoms with Gasteiger partial charge in [-0.1, -0.05) is 29.3 Å². The van der Waals surface area contributed by atoms with Crippen LogP contribution in [0.1, 0.15) is 10.4 Å². The summed E-state index contributed by atoms with van der Waals surface area (Å²) < 4.78 is 37.6. The minimum absolute atomic E-state index is 0.0371. The highest BCUT2D eigenvalue weighted by Gasteiger charge is 2.23. The Morgan fingerprint density at radius 3 is 2.22 bits per heavy atom. The Kier molecular flexibility index (Phi) is 7.18. The number of amides is 1.